The van der Waals surface area contributed by atoms with Crippen molar-refractivity contribution in [3.63, 3.8) is 0 Å². The number of hydrogen-bond donors (Lipinski definition) is 0. The lowest BCUT2D eigenvalue weighted by molar-refractivity contribution is 0.601. The highest BCUT2D eigenvalue weighted by Crippen LogP contribution is 2.16. The van der Waals surface area contributed by atoms with Crippen LogP contribution in [-0.4, -0.2) is 28.3 Å². The molecule has 0 bridgehead atoms. The number of imidazole rings is 1. The fourth-order valence-electron chi connectivity index (χ4n) is 2.11. The second-order valence-corrected chi connectivity index (χ2v) is 8.40. The van der Waals surface area contributed by atoms with Gasteiger partial charge in [-0.25, -0.2) is 13.4 Å². The third-order valence-electron chi connectivity index (χ3n) is 3.21. The summed E-state index contributed by atoms with van der Waals surface area (Å²) >= 11 is 0. The molecule has 7 heteroatoms. The normalized spacial score (nSPS) is 13.3. The van der Waals surface area contributed by atoms with Gasteiger partial charge in [0.1, 0.15) is 5.65 Å². The van der Waals surface area contributed by atoms with E-state index in [9.17, 15) is 12.6 Å². The molecule has 2 aromatic heterocycles. The average Bonchev–Trinajstić information content (AvgIpc) is 2.88. The lowest BCUT2D eigenvalue weighted by atomic mass is 10.4. The lowest BCUT2D eigenvalue weighted by Crippen LogP contribution is -2.00. The Morgan fingerprint density at radius 2 is 1.86 bits per heavy atom. The van der Waals surface area contributed by atoms with Gasteiger partial charge in [0.2, 0.25) is 0 Å². The molecule has 0 saturated heterocycles. The SMILES string of the molecule is CS(=O)(=O)c1ccc(S(=O)Cc2cn3ccccc3n2)cc1. The molecular weight excluding hydrogens is 320 g/mol. The molecular formula is C15H14N2O3S2. The monoisotopic (exact) mass is 334 g/mol. The molecule has 0 N–H and O–H groups in total. The van der Waals surface area contributed by atoms with E-state index in [0.717, 1.165) is 17.6 Å². The van der Waals surface area contributed by atoms with Crippen molar-refractivity contribution in [1.82, 2.24) is 9.38 Å². The molecule has 0 aliphatic rings. The van der Waals surface area contributed by atoms with Gasteiger partial charge in [-0.1, -0.05) is 6.07 Å². The molecule has 1 aromatic carbocycles. The van der Waals surface area contributed by atoms with Gasteiger partial charge >= 0.3 is 0 Å². The van der Waals surface area contributed by atoms with Crippen LogP contribution >= 0.6 is 0 Å². The molecule has 0 spiro atoms. The van der Waals surface area contributed by atoms with Gasteiger partial charge in [0.15, 0.2) is 9.84 Å². The molecule has 0 aliphatic carbocycles. The topological polar surface area (TPSA) is 68.5 Å². The van der Waals surface area contributed by atoms with E-state index in [2.05, 4.69) is 4.98 Å². The highest BCUT2D eigenvalue weighted by atomic mass is 32.2. The molecule has 0 saturated carbocycles. The summed E-state index contributed by atoms with van der Waals surface area (Å²) in [6.45, 7) is 0. The van der Waals surface area contributed by atoms with E-state index in [0.29, 0.717) is 10.6 Å². The Bertz CT molecular complexity index is 911. The van der Waals surface area contributed by atoms with E-state index in [1.165, 1.54) is 12.1 Å². The zero-order valence-electron chi connectivity index (χ0n) is 11.8. The molecule has 1 unspecified atom stereocenters. The van der Waals surface area contributed by atoms with Crippen molar-refractivity contribution in [3.8, 4) is 0 Å². The molecule has 22 heavy (non-hydrogen) atoms. The van der Waals surface area contributed by atoms with Crippen LogP contribution in [0.3, 0.4) is 0 Å². The van der Waals surface area contributed by atoms with Crippen molar-refractivity contribution in [3.05, 3.63) is 60.6 Å². The number of benzene rings is 1. The molecule has 0 radical (unpaired) electrons. The number of fused-ring (bicyclic) bond motifs is 1. The van der Waals surface area contributed by atoms with Gasteiger partial charge < -0.3 is 4.40 Å². The first kappa shape index (κ1) is 14.9. The summed E-state index contributed by atoms with van der Waals surface area (Å²) in [6, 6.07) is 11.8. The first-order chi connectivity index (χ1) is 10.4. The Hall–Kier alpha value is -1.99. The van der Waals surface area contributed by atoms with Gasteiger partial charge in [-0.2, -0.15) is 0 Å². The van der Waals surface area contributed by atoms with Crippen molar-refractivity contribution in [1.29, 1.82) is 0 Å². The van der Waals surface area contributed by atoms with Crippen LogP contribution in [0.5, 0.6) is 0 Å². The standard InChI is InChI=1S/C15H14N2O3S2/c1-22(19,20)14-7-5-13(6-8-14)21(18)11-12-10-17-9-3-2-4-15(17)16-12/h2-10H,11H2,1H3. The maximum atomic E-state index is 12.4. The summed E-state index contributed by atoms with van der Waals surface area (Å²) < 4.78 is 37.1. The molecule has 1 atom stereocenters. The first-order valence-electron chi connectivity index (χ1n) is 6.54. The largest absolute Gasteiger partial charge is 0.307 e. The number of pyridine rings is 1. The van der Waals surface area contributed by atoms with Crippen molar-refractivity contribution in [2.75, 3.05) is 6.26 Å². The summed E-state index contributed by atoms with van der Waals surface area (Å²) in [4.78, 5) is 5.22. The summed E-state index contributed by atoms with van der Waals surface area (Å²) in [7, 11) is -4.50. The van der Waals surface area contributed by atoms with E-state index in [1.54, 1.807) is 12.1 Å². The molecule has 114 valence electrons. The summed E-state index contributed by atoms with van der Waals surface area (Å²) in [5, 5.41) is 0. The van der Waals surface area contributed by atoms with Gasteiger partial charge in [0.05, 0.1) is 27.1 Å². The van der Waals surface area contributed by atoms with E-state index >= 15 is 0 Å². The van der Waals surface area contributed by atoms with E-state index in [1.807, 2.05) is 35.0 Å². The zero-order valence-corrected chi connectivity index (χ0v) is 13.5. The minimum atomic E-state index is -3.24. The third kappa shape index (κ3) is 3.10. The van der Waals surface area contributed by atoms with Crippen molar-refractivity contribution in [2.45, 2.75) is 15.5 Å². The lowest BCUT2D eigenvalue weighted by Gasteiger charge is -2.02. The second-order valence-electron chi connectivity index (χ2n) is 4.93. The van der Waals surface area contributed by atoms with Gasteiger partial charge in [-0.15, -0.1) is 0 Å². The van der Waals surface area contributed by atoms with Crippen LogP contribution in [0.1, 0.15) is 5.69 Å². The Morgan fingerprint density at radius 1 is 1.14 bits per heavy atom. The number of sulfone groups is 1. The summed E-state index contributed by atoms with van der Waals surface area (Å²) in [5.74, 6) is 0.292. The number of nitrogens with zero attached hydrogens (tertiary/aromatic N) is 2. The van der Waals surface area contributed by atoms with Crippen molar-refractivity contribution >= 4 is 26.3 Å². The Kier molecular flexibility index (Phi) is 3.84. The van der Waals surface area contributed by atoms with Gasteiger partial charge in [-0.3, -0.25) is 4.21 Å². The summed E-state index contributed by atoms with van der Waals surface area (Å²) in [5.41, 5.74) is 1.54. The Labute approximate surface area is 131 Å². The predicted molar refractivity (Wildman–Crippen MR) is 84.9 cm³/mol. The van der Waals surface area contributed by atoms with Crippen LogP contribution in [0.2, 0.25) is 0 Å². The van der Waals surface area contributed by atoms with E-state index in [4.69, 9.17) is 0 Å². The molecule has 5 nitrogen and oxygen atoms in total. The fourth-order valence-corrected chi connectivity index (χ4v) is 3.76. The minimum absolute atomic E-state index is 0.223. The smallest absolute Gasteiger partial charge is 0.175 e. The highest BCUT2D eigenvalue weighted by Gasteiger charge is 2.11. The first-order valence-corrected chi connectivity index (χ1v) is 9.76. The second kappa shape index (κ2) is 5.66. The maximum Gasteiger partial charge on any atom is 0.175 e. The van der Waals surface area contributed by atoms with Gasteiger partial charge in [0.25, 0.3) is 0 Å². The Balaban J connectivity index is 1.82. The third-order valence-corrected chi connectivity index (χ3v) is 5.69. The van der Waals surface area contributed by atoms with Gasteiger partial charge in [0, 0.05) is 23.5 Å². The van der Waals surface area contributed by atoms with Crippen LogP contribution in [-0.2, 0) is 26.4 Å². The highest BCUT2D eigenvalue weighted by molar-refractivity contribution is 7.90. The fraction of sp³-hybridized carbons (Fsp3) is 0.133. The van der Waals surface area contributed by atoms with E-state index < -0.39 is 20.6 Å². The zero-order chi connectivity index (χ0) is 15.7. The van der Waals surface area contributed by atoms with Crippen LogP contribution < -0.4 is 0 Å². The quantitative estimate of drug-likeness (QED) is 0.732. The Morgan fingerprint density at radius 3 is 2.50 bits per heavy atom. The molecule has 3 rings (SSSR count). The van der Waals surface area contributed by atoms with Crippen LogP contribution in [0.4, 0.5) is 0 Å². The number of hydrogen-bond acceptors (Lipinski definition) is 4. The van der Waals surface area contributed by atoms with Crippen molar-refractivity contribution in [2.24, 2.45) is 0 Å². The molecule has 0 aliphatic heterocycles. The van der Waals surface area contributed by atoms with Crippen molar-refractivity contribution < 1.29 is 12.6 Å². The van der Waals surface area contributed by atoms with Crippen LogP contribution in [0.15, 0.2) is 64.6 Å². The molecule has 2 heterocycles. The minimum Gasteiger partial charge on any atom is -0.307 e. The van der Waals surface area contributed by atoms with Gasteiger partial charge in [-0.05, 0) is 36.4 Å². The van der Waals surface area contributed by atoms with Crippen LogP contribution in [0, 0.1) is 0 Å². The predicted octanol–water partition coefficient (Wildman–Crippen LogP) is 2.05. The number of rotatable bonds is 4. The summed E-state index contributed by atoms with van der Waals surface area (Å²) in [6.07, 6.45) is 4.88. The molecule has 3 aromatic rings. The molecule has 0 fully saturated rings. The average molecular weight is 334 g/mol. The number of aromatic nitrogens is 2. The van der Waals surface area contributed by atoms with E-state index in [-0.39, 0.29) is 4.90 Å². The maximum absolute atomic E-state index is 12.4. The van der Waals surface area contributed by atoms with Crippen LogP contribution in [0.25, 0.3) is 5.65 Å². The molecule has 0 amide bonds.